The van der Waals surface area contributed by atoms with E-state index < -0.39 is 0 Å². The second-order valence-electron chi connectivity index (χ2n) is 12.5. The topological polar surface area (TPSA) is 0 Å². The highest BCUT2D eigenvalue weighted by Crippen LogP contribution is 2.36. The van der Waals surface area contributed by atoms with Crippen LogP contribution in [0.15, 0.2) is 0 Å². The van der Waals surface area contributed by atoms with E-state index in [1.54, 1.807) is 0 Å². The van der Waals surface area contributed by atoms with Gasteiger partial charge in [0.05, 0.1) is 0 Å². The molecule has 0 rings (SSSR count). The van der Waals surface area contributed by atoms with Crippen LogP contribution in [0.4, 0.5) is 0 Å². The molecule has 0 amide bonds. The molecular weight excluding hydrogens is 360 g/mol. The zero-order valence-electron chi connectivity index (χ0n) is 23.0. The average molecular weight is 423 g/mol. The highest BCUT2D eigenvalue weighted by atomic mass is 14.3. The Morgan fingerprint density at radius 1 is 0.467 bits per heavy atom. The fourth-order valence-corrected chi connectivity index (χ4v) is 4.95. The van der Waals surface area contributed by atoms with Crippen LogP contribution in [0.5, 0.6) is 0 Å². The van der Waals surface area contributed by atoms with E-state index in [1.165, 1.54) is 96.3 Å². The molecule has 0 fully saturated rings. The predicted octanol–water partition coefficient (Wildman–Crippen LogP) is 11.1. The van der Waals surface area contributed by atoms with Crippen molar-refractivity contribution in [3.05, 3.63) is 0 Å². The Balaban J connectivity index is 3.95. The fraction of sp³-hybridized carbons (Fsp3) is 1.00. The molecule has 0 heteroatoms. The van der Waals surface area contributed by atoms with E-state index in [2.05, 4.69) is 62.3 Å². The van der Waals surface area contributed by atoms with Crippen LogP contribution in [-0.4, -0.2) is 0 Å². The van der Waals surface area contributed by atoms with Gasteiger partial charge in [0.1, 0.15) is 0 Å². The van der Waals surface area contributed by atoms with E-state index in [4.69, 9.17) is 0 Å². The van der Waals surface area contributed by atoms with Crippen molar-refractivity contribution in [2.45, 2.75) is 159 Å². The van der Waals surface area contributed by atoms with Crippen molar-refractivity contribution in [3.8, 4) is 0 Å². The molecular formula is C30H62. The quantitative estimate of drug-likeness (QED) is 0.183. The molecule has 0 radical (unpaired) electrons. The van der Waals surface area contributed by atoms with Gasteiger partial charge >= 0.3 is 0 Å². The summed E-state index contributed by atoms with van der Waals surface area (Å²) in [7, 11) is 0. The van der Waals surface area contributed by atoms with Crippen LogP contribution < -0.4 is 0 Å². The molecule has 0 saturated carbocycles. The van der Waals surface area contributed by atoms with Gasteiger partial charge in [0, 0.05) is 0 Å². The van der Waals surface area contributed by atoms with E-state index in [0.717, 1.165) is 29.6 Å². The zero-order valence-corrected chi connectivity index (χ0v) is 23.0. The van der Waals surface area contributed by atoms with Crippen molar-refractivity contribution in [3.63, 3.8) is 0 Å². The van der Waals surface area contributed by atoms with Crippen LogP contribution in [-0.2, 0) is 0 Å². The van der Waals surface area contributed by atoms with Crippen LogP contribution in [0.2, 0.25) is 0 Å². The second kappa shape index (κ2) is 17.5. The average Bonchev–Trinajstić information content (AvgIpc) is 2.66. The van der Waals surface area contributed by atoms with Gasteiger partial charge in [-0.15, -0.1) is 0 Å². The van der Waals surface area contributed by atoms with Crippen LogP contribution >= 0.6 is 0 Å². The molecule has 0 aliphatic heterocycles. The minimum absolute atomic E-state index is 0.579. The highest BCUT2D eigenvalue weighted by Gasteiger charge is 2.22. The SMILES string of the molecule is CCC(C)(CCCC(C)CCCC(C)C)CCC(C)CCCC(C)CCCC(C)C. The summed E-state index contributed by atoms with van der Waals surface area (Å²) >= 11 is 0. The molecule has 0 aliphatic rings. The van der Waals surface area contributed by atoms with Crippen molar-refractivity contribution in [2.24, 2.45) is 35.0 Å². The molecule has 0 N–H and O–H groups in total. The van der Waals surface area contributed by atoms with Gasteiger partial charge in [-0.25, -0.2) is 0 Å². The van der Waals surface area contributed by atoms with Gasteiger partial charge in [0.2, 0.25) is 0 Å². The first-order valence-electron chi connectivity index (χ1n) is 14.1. The predicted molar refractivity (Wildman–Crippen MR) is 140 cm³/mol. The standard InChI is InChI=1S/C30H62/c1-10-30(9,23-14-21-28(7)18-12-16-26(4)5)24-22-29(8)20-13-19-27(6)17-11-15-25(2)3/h25-29H,10-24H2,1-9H3. The van der Waals surface area contributed by atoms with Gasteiger partial charge in [0.25, 0.3) is 0 Å². The van der Waals surface area contributed by atoms with Crippen LogP contribution in [0.3, 0.4) is 0 Å². The Bertz CT molecular complexity index is 368. The lowest BCUT2D eigenvalue weighted by atomic mass is 9.76. The van der Waals surface area contributed by atoms with E-state index in [-0.39, 0.29) is 0 Å². The van der Waals surface area contributed by atoms with Crippen molar-refractivity contribution in [2.75, 3.05) is 0 Å². The molecule has 4 atom stereocenters. The van der Waals surface area contributed by atoms with Crippen molar-refractivity contribution < 1.29 is 0 Å². The molecule has 4 unspecified atom stereocenters. The first-order valence-corrected chi connectivity index (χ1v) is 14.1. The Morgan fingerprint density at radius 2 is 0.833 bits per heavy atom. The van der Waals surface area contributed by atoms with E-state index in [9.17, 15) is 0 Å². The summed E-state index contributed by atoms with van der Waals surface area (Å²) in [4.78, 5) is 0. The number of rotatable bonds is 20. The Morgan fingerprint density at radius 3 is 1.23 bits per heavy atom. The minimum Gasteiger partial charge on any atom is -0.0649 e. The largest absolute Gasteiger partial charge is 0.0649 e. The molecule has 182 valence electrons. The van der Waals surface area contributed by atoms with Crippen molar-refractivity contribution in [1.29, 1.82) is 0 Å². The van der Waals surface area contributed by atoms with Crippen LogP contribution in [0.25, 0.3) is 0 Å². The van der Waals surface area contributed by atoms with Crippen molar-refractivity contribution >= 4 is 0 Å². The molecule has 0 bridgehead atoms. The third-order valence-electron chi connectivity index (χ3n) is 7.92. The smallest absolute Gasteiger partial charge is 0.0328 e. The normalized spacial score (nSPS) is 17.3. The number of hydrogen-bond acceptors (Lipinski definition) is 0. The maximum absolute atomic E-state index is 2.57. The first kappa shape index (κ1) is 30.0. The molecule has 30 heavy (non-hydrogen) atoms. The Labute approximate surface area is 193 Å². The second-order valence-corrected chi connectivity index (χ2v) is 12.5. The van der Waals surface area contributed by atoms with Gasteiger partial charge in [0.15, 0.2) is 0 Å². The monoisotopic (exact) mass is 422 g/mol. The molecule has 0 saturated heterocycles. The van der Waals surface area contributed by atoms with Gasteiger partial charge in [-0.2, -0.15) is 0 Å². The lowest BCUT2D eigenvalue weighted by molar-refractivity contribution is 0.220. The summed E-state index contributed by atoms with van der Waals surface area (Å²) in [5.74, 6) is 4.51. The van der Waals surface area contributed by atoms with Gasteiger partial charge in [-0.05, 0) is 47.8 Å². The maximum Gasteiger partial charge on any atom is -0.0328 e. The fourth-order valence-electron chi connectivity index (χ4n) is 4.95. The number of hydrogen-bond donors (Lipinski definition) is 0. The Kier molecular flexibility index (Phi) is 17.5. The molecule has 0 aliphatic carbocycles. The molecule has 0 aromatic heterocycles. The van der Waals surface area contributed by atoms with Crippen LogP contribution in [0, 0.1) is 35.0 Å². The summed E-state index contributed by atoms with van der Waals surface area (Å²) in [6, 6.07) is 0. The third-order valence-corrected chi connectivity index (χ3v) is 7.92. The summed E-state index contributed by atoms with van der Waals surface area (Å²) in [6.07, 6.45) is 21.5. The van der Waals surface area contributed by atoms with Crippen LogP contribution in [0.1, 0.15) is 159 Å². The van der Waals surface area contributed by atoms with E-state index in [1.807, 2.05) is 0 Å². The lowest BCUT2D eigenvalue weighted by Crippen LogP contribution is -2.17. The highest BCUT2D eigenvalue weighted by molar-refractivity contribution is 4.75. The first-order chi connectivity index (χ1) is 14.1. The van der Waals surface area contributed by atoms with Gasteiger partial charge in [-0.3, -0.25) is 0 Å². The Hall–Kier alpha value is 0. The molecule has 0 aromatic rings. The van der Waals surface area contributed by atoms with E-state index >= 15 is 0 Å². The molecule has 0 nitrogen and oxygen atoms in total. The van der Waals surface area contributed by atoms with E-state index in [0.29, 0.717) is 5.41 Å². The van der Waals surface area contributed by atoms with Crippen molar-refractivity contribution in [1.82, 2.24) is 0 Å². The summed E-state index contributed by atoms with van der Waals surface area (Å²) in [5, 5.41) is 0. The maximum atomic E-state index is 2.57. The molecule has 0 aromatic carbocycles. The summed E-state index contributed by atoms with van der Waals surface area (Å²) in [5.41, 5.74) is 0.579. The summed E-state index contributed by atoms with van der Waals surface area (Å²) in [6.45, 7) is 21.9. The minimum atomic E-state index is 0.579. The molecule has 0 heterocycles. The summed E-state index contributed by atoms with van der Waals surface area (Å²) < 4.78 is 0. The lowest BCUT2D eigenvalue weighted by Gasteiger charge is -2.30. The third kappa shape index (κ3) is 17.7. The zero-order chi connectivity index (χ0) is 23.0. The van der Waals surface area contributed by atoms with Gasteiger partial charge in [-0.1, -0.05) is 146 Å². The van der Waals surface area contributed by atoms with Gasteiger partial charge < -0.3 is 0 Å². The molecule has 0 spiro atoms.